The second kappa shape index (κ2) is 7.19. The van der Waals surface area contributed by atoms with Gasteiger partial charge >= 0.3 is 0 Å². The quantitative estimate of drug-likeness (QED) is 0.752. The van der Waals surface area contributed by atoms with E-state index in [0.29, 0.717) is 18.1 Å². The second-order valence-corrected chi connectivity index (χ2v) is 6.87. The number of nitrogens with one attached hydrogen (secondary N) is 1. The molecule has 3 aromatic rings. The van der Waals surface area contributed by atoms with Gasteiger partial charge in [0.15, 0.2) is 0 Å². The van der Waals surface area contributed by atoms with Crippen molar-refractivity contribution in [2.75, 3.05) is 16.8 Å². The molecule has 136 valence electrons. The molecule has 0 spiro atoms. The summed E-state index contributed by atoms with van der Waals surface area (Å²) < 4.78 is 0. The van der Waals surface area contributed by atoms with Crippen molar-refractivity contribution in [1.82, 2.24) is 9.97 Å². The predicted octanol–water partition coefficient (Wildman–Crippen LogP) is 4.43. The Hall–Kier alpha value is -3.21. The van der Waals surface area contributed by atoms with Crippen LogP contribution >= 0.6 is 0 Å². The van der Waals surface area contributed by atoms with Gasteiger partial charge < -0.3 is 10.2 Å². The van der Waals surface area contributed by atoms with E-state index in [-0.39, 0.29) is 5.91 Å². The standard InChI is InChI=1S/C22H22N4O/c1-15-7-5-8-16(2)21(15)25-20-14-23-18(13-24-20)22(27)26-12-6-10-17-9-3-4-11-19(17)26/h3-5,7-9,11,13-14H,6,10,12H2,1-2H3,(H,24,25). The number of aromatic nitrogens is 2. The topological polar surface area (TPSA) is 58.1 Å². The van der Waals surface area contributed by atoms with Crippen LogP contribution in [-0.4, -0.2) is 22.4 Å². The number of rotatable bonds is 3. The lowest BCUT2D eigenvalue weighted by Crippen LogP contribution is -2.36. The van der Waals surface area contributed by atoms with Crippen molar-refractivity contribution >= 4 is 23.1 Å². The zero-order valence-electron chi connectivity index (χ0n) is 15.6. The summed E-state index contributed by atoms with van der Waals surface area (Å²) in [6, 6.07) is 14.2. The monoisotopic (exact) mass is 358 g/mol. The maximum absolute atomic E-state index is 12.9. The van der Waals surface area contributed by atoms with Gasteiger partial charge in [-0.15, -0.1) is 0 Å². The number of para-hydroxylation sites is 2. The molecule has 5 nitrogen and oxygen atoms in total. The SMILES string of the molecule is Cc1cccc(C)c1Nc1cnc(C(=O)N2CCCc3ccccc32)cn1. The van der Waals surface area contributed by atoms with Crippen LogP contribution in [0.5, 0.6) is 0 Å². The second-order valence-electron chi connectivity index (χ2n) is 6.87. The molecular formula is C22H22N4O. The minimum Gasteiger partial charge on any atom is -0.339 e. The molecule has 27 heavy (non-hydrogen) atoms. The van der Waals surface area contributed by atoms with E-state index in [1.807, 2.05) is 24.3 Å². The summed E-state index contributed by atoms with van der Waals surface area (Å²) in [4.78, 5) is 23.5. The molecule has 1 aliphatic heterocycles. The first-order chi connectivity index (χ1) is 13.1. The number of amides is 1. The highest BCUT2D eigenvalue weighted by Crippen LogP contribution is 2.28. The van der Waals surface area contributed by atoms with Gasteiger partial charge in [0.2, 0.25) is 0 Å². The predicted molar refractivity (Wildman–Crippen MR) is 108 cm³/mol. The molecule has 1 aromatic heterocycles. The molecule has 0 fully saturated rings. The summed E-state index contributed by atoms with van der Waals surface area (Å²) in [5.74, 6) is 0.524. The zero-order chi connectivity index (χ0) is 18.8. The Balaban J connectivity index is 1.55. The number of carbonyl (C=O) groups is 1. The molecule has 0 bridgehead atoms. The summed E-state index contributed by atoms with van der Waals surface area (Å²) in [5.41, 5.74) is 5.85. The normalized spacial score (nSPS) is 13.2. The third-order valence-corrected chi connectivity index (χ3v) is 4.96. The lowest BCUT2D eigenvalue weighted by atomic mass is 10.0. The van der Waals surface area contributed by atoms with Gasteiger partial charge in [-0.25, -0.2) is 9.97 Å². The van der Waals surface area contributed by atoms with Gasteiger partial charge in [0.05, 0.1) is 12.4 Å². The zero-order valence-corrected chi connectivity index (χ0v) is 15.6. The van der Waals surface area contributed by atoms with E-state index in [4.69, 9.17) is 0 Å². The molecule has 0 atom stereocenters. The van der Waals surface area contributed by atoms with Gasteiger partial charge in [-0.05, 0) is 49.4 Å². The first kappa shape index (κ1) is 17.2. The van der Waals surface area contributed by atoms with Crippen LogP contribution in [-0.2, 0) is 6.42 Å². The number of hydrogen-bond donors (Lipinski definition) is 1. The number of hydrogen-bond acceptors (Lipinski definition) is 4. The minimum absolute atomic E-state index is 0.103. The molecule has 0 saturated heterocycles. The van der Waals surface area contributed by atoms with Crippen LogP contribution in [0.2, 0.25) is 0 Å². The van der Waals surface area contributed by atoms with E-state index in [9.17, 15) is 4.79 Å². The highest BCUT2D eigenvalue weighted by atomic mass is 16.2. The van der Waals surface area contributed by atoms with Gasteiger partial charge in [0, 0.05) is 17.9 Å². The highest BCUT2D eigenvalue weighted by Gasteiger charge is 2.24. The highest BCUT2D eigenvalue weighted by molar-refractivity contribution is 6.05. The molecule has 1 aliphatic rings. The van der Waals surface area contributed by atoms with Gasteiger partial charge in [-0.2, -0.15) is 0 Å². The van der Waals surface area contributed by atoms with Gasteiger partial charge in [-0.1, -0.05) is 36.4 Å². The molecular weight excluding hydrogens is 336 g/mol. The van der Waals surface area contributed by atoms with Crippen molar-refractivity contribution < 1.29 is 4.79 Å². The molecule has 5 heteroatoms. The molecule has 4 rings (SSSR count). The van der Waals surface area contributed by atoms with Crippen molar-refractivity contribution in [3.05, 3.63) is 77.2 Å². The Bertz CT molecular complexity index is 962. The average Bonchev–Trinajstić information content (AvgIpc) is 2.70. The first-order valence-corrected chi connectivity index (χ1v) is 9.18. The Kier molecular flexibility index (Phi) is 4.59. The largest absolute Gasteiger partial charge is 0.339 e. The fraction of sp³-hybridized carbons (Fsp3) is 0.227. The van der Waals surface area contributed by atoms with E-state index in [0.717, 1.165) is 35.3 Å². The fourth-order valence-electron chi connectivity index (χ4n) is 3.53. The summed E-state index contributed by atoms with van der Waals surface area (Å²) in [7, 11) is 0. The Morgan fingerprint density at radius 3 is 2.52 bits per heavy atom. The maximum Gasteiger partial charge on any atom is 0.278 e. The van der Waals surface area contributed by atoms with Crippen LogP contribution in [0.25, 0.3) is 0 Å². The van der Waals surface area contributed by atoms with Crippen molar-refractivity contribution in [2.45, 2.75) is 26.7 Å². The van der Waals surface area contributed by atoms with Crippen LogP contribution in [0.1, 0.15) is 33.6 Å². The van der Waals surface area contributed by atoms with E-state index in [1.165, 1.54) is 5.56 Å². The van der Waals surface area contributed by atoms with Crippen molar-refractivity contribution in [2.24, 2.45) is 0 Å². The van der Waals surface area contributed by atoms with E-state index in [1.54, 1.807) is 17.3 Å². The van der Waals surface area contributed by atoms with E-state index < -0.39 is 0 Å². The summed E-state index contributed by atoms with van der Waals surface area (Å²) in [5, 5.41) is 3.30. The molecule has 0 radical (unpaired) electrons. The Morgan fingerprint density at radius 1 is 1.00 bits per heavy atom. The number of fused-ring (bicyclic) bond motifs is 1. The van der Waals surface area contributed by atoms with Gasteiger partial charge in [0.25, 0.3) is 5.91 Å². The molecule has 2 heterocycles. The van der Waals surface area contributed by atoms with E-state index in [2.05, 4.69) is 47.3 Å². The fourth-order valence-corrected chi connectivity index (χ4v) is 3.53. The summed E-state index contributed by atoms with van der Waals surface area (Å²) in [6.45, 7) is 4.81. The van der Waals surface area contributed by atoms with Gasteiger partial charge in [-0.3, -0.25) is 4.79 Å². The van der Waals surface area contributed by atoms with Crippen LogP contribution in [0, 0.1) is 13.8 Å². The Morgan fingerprint density at radius 2 is 1.78 bits per heavy atom. The van der Waals surface area contributed by atoms with E-state index >= 15 is 0 Å². The average molecular weight is 358 g/mol. The molecule has 1 amide bonds. The number of anilines is 3. The number of carbonyl (C=O) groups excluding carboxylic acids is 1. The van der Waals surface area contributed by atoms with Gasteiger partial charge in [0.1, 0.15) is 11.5 Å². The van der Waals surface area contributed by atoms with Crippen molar-refractivity contribution in [3.8, 4) is 0 Å². The lowest BCUT2D eigenvalue weighted by Gasteiger charge is -2.29. The molecule has 1 N–H and O–H groups in total. The van der Waals surface area contributed by atoms with Crippen LogP contribution in [0.3, 0.4) is 0 Å². The number of nitrogens with zero attached hydrogens (tertiary/aromatic N) is 3. The smallest absolute Gasteiger partial charge is 0.278 e. The van der Waals surface area contributed by atoms with Crippen molar-refractivity contribution in [3.63, 3.8) is 0 Å². The summed E-state index contributed by atoms with van der Waals surface area (Å²) in [6.07, 6.45) is 5.14. The van der Waals surface area contributed by atoms with Crippen LogP contribution < -0.4 is 10.2 Å². The molecule has 0 saturated carbocycles. The third-order valence-electron chi connectivity index (χ3n) is 4.96. The minimum atomic E-state index is -0.103. The number of benzene rings is 2. The molecule has 0 aliphatic carbocycles. The number of aryl methyl sites for hydroxylation is 3. The first-order valence-electron chi connectivity index (χ1n) is 9.18. The van der Waals surface area contributed by atoms with Crippen molar-refractivity contribution in [1.29, 1.82) is 0 Å². The van der Waals surface area contributed by atoms with Crippen LogP contribution in [0.15, 0.2) is 54.9 Å². The Labute approximate surface area is 159 Å². The third kappa shape index (κ3) is 3.40. The molecule has 2 aromatic carbocycles. The summed E-state index contributed by atoms with van der Waals surface area (Å²) >= 11 is 0. The molecule has 0 unspecified atom stereocenters. The lowest BCUT2D eigenvalue weighted by molar-refractivity contribution is 0.0980. The van der Waals surface area contributed by atoms with Crippen LogP contribution in [0.4, 0.5) is 17.2 Å². The maximum atomic E-state index is 12.9.